The smallest absolute Gasteiger partial charge is 0.327 e. The van der Waals surface area contributed by atoms with Crippen molar-refractivity contribution in [1.82, 2.24) is 9.78 Å². The molecule has 5 heteroatoms. The number of carbonyl (C=O) groups is 1. The minimum atomic E-state index is -0.276. The summed E-state index contributed by atoms with van der Waals surface area (Å²) in [5.41, 5.74) is 3.50. The van der Waals surface area contributed by atoms with E-state index in [4.69, 9.17) is 9.84 Å². The molecule has 3 rings (SSSR count). The van der Waals surface area contributed by atoms with Crippen molar-refractivity contribution in [2.75, 3.05) is 7.11 Å². The van der Waals surface area contributed by atoms with E-state index in [-0.39, 0.29) is 12.5 Å². The molecule has 0 aliphatic heterocycles. The summed E-state index contributed by atoms with van der Waals surface area (Å²) >= 11 is 3.57. The first kappa shape index (κ1) is 16.2. The van der Waals surface area contributed by atoms with Gasteiger partial charge in [-0.15, -0.1) is 0 Å². The van der Waals surface area contributed by atoms with Crippen LogP contribution in [0.25, 0.3) is 0 Å². The molecule has 0 amide bonds. The van der Waals surface area contributed by atoms with Crippen LogP contribution >= 0.6 is 15.9 Å². The number of aromatic nitrogens is 2. The molecule has 1 atom stereocenters. The van der Waals surface area contributed by atoms with E-state index in [0.717, 1.165) is 15.7 Å². The van der Waals surface area contributed by atoms with Crippen molar-refractivity contribution in [3.8, 4) is 0 Å². The summed E-state index contributed by atoms with van der Waals surface area (Å²) in [5, 5.41) is 4.71. The molecule has 0 saturated heterocycles. The molecule has 1 aliphatic rings. The van der Waals surface area contributed by atoms with Crippen LogP contribution in [0.2, 0.25) is 0 Å². The molecular formula is C18H21BrN2O2. The van der Waals surface area contributed by atoms with Gasteiger partial charge in [0.25, 0.3) is 0 Å². The lowest BCUT2D eigenvalue weighted by atomic mass is 9.71. The lowest BCUT2D eigenvalue weighted by molar-refractivity contribution is -0.141. The summed E-state index contributed by atoms with van der Waals surface area (Å²) in [6.45, 7) is 2.23. The highest BCUT2D eigenvalue weighted by molar-refractivity contribution is 9.10. The molecule has 4 nitrogen and oxygen atoms in total. The minimum absolute atomic E-state index is 0.160. The van der Waals surface area contributed by atoms with Crippen LogP contribution in [-0.2, 0) is 16.1 Å². The van der Waals surface area contributed by atoms with Crippen LogP contribution in [0.4, 0.5) is 0 Å². The minimum Gasteiger partial charge on any atom is -0.468 e. The summed E-state index contributed by atoms with van der Waals surface area (Å²) in [4.78, 5) is 11.5. The standard InChI is InChI=1S/C18H21BrN2O2/c1-12-10-21(11-16(22)23-2)20-18(12)17(13-5-3-6-13)14-7-4-8-15(19)9-14/h4,7-10,13,17H,3,5-6,11H2,1-2H3. The summed E-state index contributed by atoms with van der Waals surface area (Å²) in [7, 11) is 1.40. The molecule has 0 N–H and O–H groups in total. The average molecular weight is 377 g/mol. The molecule has 1 aliphatic carbocycles. The van der Waals surface area contributed by atoms with Crippen molar-refractivity contribution in [1.29, 1.82) is 0 Å². The number of hydrogen-bond acceptors (Lipinski definition) is 3. The molecule has 1 aromatic carbocycles. The Bertz CT molecular complexity index is 707. The van der Waals surface area contributed by atoms with E-state index in [0.29, 0.717) is 11.8 Å². The van der Waals surface area contributed by atoms with Crippen molar-refractivity contribution in [2.24, 2.45) is 5.92 Å². The molecule has 0 bridgehead atoms. The third-order valence-electron chi connectivity index (χ3n) is 4.63. The van der Waals surface area contributed by atoms with Crippen molar-refractivity contribution in [3.63, 3.8) is 0 Å². The number of esters is 1. The lowest BCUT2D eigenvalue weighted by Crippen LogP contribution is -2.23. The van der Waals surface area contributed by atoms with Gasteiger partial charge in [-0.3, -0.25) is 9.48 Å². The van der Waals surface area contributed by atoms with Crippen molar-refractivity contribution in [2.45, 2.75) is 38.6 Å². The topological polar surface area (TPSA) is 44.1 Å². The fraction of sp³-hybridized carbons (Fsp3) is 0.444. The first-order chi connectivity index (χ1) is 11.1. The summed E-state index contributed by atoms with van der Waals surface area (Å²) < 4.78 is 7.52. The van der Waals surface area contributed by atoms with Crippen molar-refractivity contribution >= 4 is 21.9 Å². The van der Waals surface area contributed by atoms with Crippen LogP contribution in [0.5, 0.6) is 0 Å². The fourth-order valence-electron chi connectivity index (χ4n) is 3.25. The van der Waals surface area contributed by atoms with E-state index < -0.39 is 0 Å². The molecule has 1 heterocycles. The number of carbonyl (C=O) groups excluding carboxylic acids is 1. The molecule has 1 unspecified atom stereocenters. The molecular weight excluding hydrogens is 356 g/mol. The Balaban J connectivity index is 1.95. The summed E-state index contributed by atoms with van der Waals surface area (Å²) in [6.07, 6.45) is 5.70. The number of rotatable bonds is 5. The highest BCUT2D eigenvalue weighted by Crippen LogP contribution is 2.44. The molecule has 23 heavy (non-hydrogen) atoms. The number of aryl methyl sites for hydroxylation is 1. The van der Waals surface area contributed by atoms with Crippen LogP contribution < -0.4 is 0 Å². The normalized spacial score (nSPS) is 16.0. The SMILES string of the molecule is COC(=O)Cn1cc(C)c(C(c2cccc(Br)c2)C2CCC2)n1. The molecule has 122 valence electrons. The number of ether oxygens (including phenoxy) is 1. The van der Waals surface area contributed by atoms with Crippen LogP contribution in [0.1, 0.15) is 42.0 Å². The Kier molecular flexibility index (Phi) is 4.85. The third-order valence-corrected chi connectivity index (χ3v) is 5.12. The second-order valence-electron chi connectivity index (χ2n) is 6.19. The van der Waals surface area contributed by atoms with E-state index >= 15 is 0 Å². The maximum absolute atomic E-state index is 11.5. The monoisotopic (exact) mass is 376 g/mol. The third kappa shape index (κ3) is 3.50. The molecule has 0 radical (unpaired) electrons. The Labute approximate surface area is 145 Å². The van der Waals surface area contributed by atoms with Gasteiger partial charge in [0.1, 0.15) is 6.54 Å². The first-order valence-corrected chi connectivity index (χ1v) is 8.74. The van der Waals surface area contributed by atoms with Gasteiger partial charge < -0.3 is 4.74 Å². The number of methoxy groups -OCH3 is 1. The van der Waals surface area contributed by atoms with Gasteiger partial charge in [-0.25, -0.2) is 0 Å². The zero-order chi connectivity index (χ0) is 16.4. The van der Waals surface area contributed by atoms with E-state index in [1.54, 1.807) is 4.68 Å². The van der Waals surface area contributed by atoms with Gasteiger partial charge in [-0.05, 0) is 48.9 Å². The molecule has 0 spiro atoms. The van der Waals surface area contributed by atoms with Gasteiger partial charge in [0.05, 0.1) is 12.8 Å². The largest absolute Gasteiger partial charge is 0.468 e. The van der Waals surface area contributed by atoms with Crippen molar-refractivity contribution < 1.29 is 9.53 Å². The van der Waals surface area contributed by atoms with Crippen LogP contribution in [0.15, 0.2) is 34.9 Å². The van der Waals surface area contributed by atoms with E-state index in [2.05, 4.69) is 41.1 Å². The Morgan fingerprint density at radius 3 is 2.87 bits per heavy atom. The Morgan fingerprint density at radius 1 is 1.48 bits per heavy atom. The van der Waals surface area contributed by atoms with Gasteiger partial charge in [-0.1, -0.05) is 34.5 Å². The number of nitrogens with zero attached hydrogens (tertiary/aromatic N) is 2. The quantitative estimate of drug-likeness (QED) is 0.739. The van der Waals surface area contributed by atoms with Gasteiger partial charge in [0.15, 0.2) is 0 Å². The van der Waals surface area contributed by atoms with E-state index in [9.17, 15) is 4.79 Å². The zero-order valence-electron chi connectivity index (χ0n) is 13.5. The number of hydrogen-bond donors (Lipinski definition) is 0. The first-order valence-electron chi connectivity index (χ1n) is 7.94. The van der Waals surface area contributed by atoms with Crippen molar-refractivity contribution in [3.05, 3.63) is 51.8 Å². The Hall–Kier alpha value is -1.62. The van der Waals surface area contributed by atoms with Crippen LogP contribution in [0.3, 0.4) is 0 Å². The summed E-state index contributed by atoms with van der Waals surface area (Å²) in [5.74, 6) is 0.645. The zero-order valence-corrected chi connectivity index (χ0v) is 15.0. The van der Waals surface area contributed by atoms with Gasteiger partial charge in [0, 0.05) is 16.6 Å². The molecule has 1 saturated carbocycles. The predicted molar refractivity (Wildman–Crippen MR) is 92.3 cm³/mol. The number of halogens is 1. The lowest BCUT2D eigenvalue weighted by Gasteiger charge is -2.33. The van der Waals surface area contributed by atoms with E-state index in [1.165, 1.54) is 31.9 Å². The number of benzene rings is 1. The van der Waals surface area contributed by atoms with Crippen LogP contribution in [-0.4, -0.2) is 22.9 Å². The molecule has 2 aromatic rings. The maximum Gasteiger partial charge on any atom is 0.327 e. The molecule has 1 fully saturated rings. The maximum atomic E-state index is 11.5. The highest BCUT2D eigenvalue weighted by atomic mass is 79.9. The van der Waals surface area contributed by atoms with Gasteiger partial charge >= 0.3 is 5.97 Å². The van der Waals surface area contributed by atoms with Crippen LogP contribution in [0, 0.1) is 12.8 Å². The highest BCUT2D eigenvalue weighted by Gasteiger charge is 2.32. The van der Waals surface area contributed by atoms with Gasteiger partial charge in [-0.2, -0.15) is 5.10 Å². The average Bonchev–Trinajstić information content (AvgIpc) is 2.82. The van der Waals surface area contributed by atoms with Gasteiger partial charge in [0.2, 0.25) is 0 Å². The second kappa shape index (κ2) is 6.87. The Morgan fingerprint density at radius 2 is 2.26 bits per heavy atom. The van der Waals surface area contributed by atoms with E-state index in [1.807, 2.05) is 12.3 Å². The fourth-order valence-corrected chi connectivity index (χ4v) is 3.66. The molecule has 1 aromatic heterocycles. The second-order valence-corrected chi connectivity index (χ2v) is 7.11. The summed E-state index contributed by atoms with van der Waals surface area (Å²) in [6, 6.07) is 8.48. The predicted octanol–water partition coefficient (Wildman–Crippen LogP) is 4.06.